The van der Waals surface area contributed by atoms with Crippen LogP contribution in [-0.2, 0) is 9.53 Å². The Balaban J connectivity index is 2.30. The maximum Gasteiger partial charge on any atom is 0.326 e. The van der Waals surface area contributed by atoms with Crippen molar-refractivity contribution >= 4 is 5.97 Å². The number of nitrogens with one attached hydrogen (secondary N) is 1. The molecule has 21 heavy (non-hydrogen) atoms. The van der Waals surface area contributed by atoms with Gasteiger partial charge in [0, 0.05) is 0 Å². The molecule has 1 heterocycles. The smallest absolute Gasteiger partial charge is 0.326 e. The number of esters is 1. The lowest BCUT2D eigenvalue weighted by Gasteiger charge is -2.28. The van der Waals surface area contributed by atoms with E-state index in [1.807, 2.05) is 20.8 Å². The number of carbonyl (C=O) groups excluding carboxylic acids is 1. The van der Waals surface area contributed by atoms with Gasteiger partial charge in [-0.2, -0.15) is 0 Å². The summed E-state index contributed by atoms with van der Waals surface area (Å²) in [6.45, 7) is 10.8. The van der Waals surface area contributed by atoms with Gasteiger partial charge in [-0.3, -0.25) is 4.79 Å². The molecule has 1 saturated heterocycles. The summed E-state index contributed by atoms with van der Waals surface area (Å²) in [6, 6.07) is 0. The van der Waals surface area contributed by atoms with Gasteiger partial charge in [-0.1, -0.05) is 19.8 Å². The van der Waals surface area contributed by atoms with Gasteiger partial charge in [-0.15, -0.1) is 0 Å². The summed E-state index contributed by atoms with van der Waals surface area (Å²) in [5, 5.41) is 3.30. The maximum atomic E-state index is 12.1. The number of hydrogen-bond donors (Lipinski definition) is 1. The van der Waals surface area contributed by atoms with Crippen molar-refractivity contribution in [1.82, 2.24) is 10.2 Å². The summed E-state index contributed by atoms with van der Waals surface area (Å²) >= 11 is 0. The molecule has 0 amide bonds. The van der Waals surface area contributed by atoms with Gasteiger partial charge in [-0.25, -0.2) is 0 Å². The topological polar surface area (TPSA) is 41.6 Å². The Kier molecular flexibility index (Phi) is 8.93. The lowest BCUT2D eigenvalue weighted by Crippen LogP contribution is -2.50. The van der Waals surface area contributed by atoms with Crippen LogP contribution in [0.2, 0.25) is 0 Å². The monoisotopic (exact) mass is 298 g/mol. The van der Waals surface area contributed by atoms with Crippen molar-refractivity contribution in [3.8, 4) is 0 Å². The zero-order valence-electron chi connectivity index (χ0n) is 14.2. The highest BCUT2D eigenvalue weighted by atomic mass is 16.5. The molecule has 0 aromatic rings. The van der Waals surface area contributed by atoms with Crippen LogP contribution in [0, 0.1) is 0 Å². The van der Waals surface area contributed by atoms with E-state index in [-0.39, 0.29) is 5.97 Å². The highest BCUT2D eigenvalue weighted by molar-refractivity contribution is 5.80. The summed E-state index contributed by atoms with van der Waals surface area (Å²) in [7, 11) is 0. The van der Waals surface area contributed by atoms with Gasteiger partial charge in [0.2, 0.25) is 0 Å². The average Bonchev–Trinajstić information content (AvgIpc) is 2.73. The van der Waals surface area contributed by atoms with E-state index in [1.54, 1.807) is 0 Å². The van der Waals surface area contributed by atoms with Gasteiger partial charge in [0.15, 0.2) is 0 Å². The third-order valence-corrected chi connectivity index (χ3v) is 4.39. The second-order valence-electron chi connectivity index (χ2n) is 6.30. The molecule has 0 aromatic heterocycles. The van der Waals surface area contributed by atoms with Crippen LogP contribution in [0.3, 0.4) is 0 Å². The Morgan fingerprint density at radius 1 is 1.14 bits per heavy atom. The van der Waals surface area contributed by atoms with Gasteiger partial charge in [0.25, 0.3) is 0 Å². The van der Waals surface area contributed by atoms with Crippen LogP contribution in [0.15, 0.2) is 0 Å². The molecule has 4 heteroatoms. The molecule has 1 fully saturated rings. The standard InChI is InChI=1S/C17H34N2O2/c1-4-18-17(3,16(20)21-5-2)12-8-11-15-19-13-9-6-7-10-14-19/h18H,4-15H2,1-3H3. The molecule has 1 atom stereocenters. The first-order valence-corrected chi connectivity index (χ1v) is 8.77. The van der Waals surface area contributed by atoms with E-state index in [0.717, 1.165) is 19.4 Å². The van der Waals surface area contributed by atoms with Crippen LogP contribution in [0.5, 0.6) is 0 Å². The molecule has 0 aliphatic carbocycles. The number of likely N-dealkylation sites (tertiary alicyclic amines) is 1. The highest BCUT2D eigenvalue weighted by Crippen LogP contribution is 2.17. The van der Waals surface area contributed by atoms with Crippen LogP contribution in [0.25, 0.3) is 0 Å². The molecule has 0 radical (unpaired) electrons. The molecule has 0 aromatic carbocycles. The summed E-state index contributed by atoms with van der Waals surface area (Å²) in [5.41, 5.74) is -0.524. The Bertz CT molecular complexity index is 289. The average molecular weight is 298 g/mol. The van der Waals surface area contributed by atoms with E-state index in [1.165, 1.54) is 51.7 Å². The second kappa shape index (κ2) is 10.2. The van der Waals surface area contributed by atoms with Crippen molar-refractivity contribution in [1.29, 1.82) is 0 Å². The number of ether oxygens (including phenoxy) is 1. The van der Waals surface area contributed by atoms with Crippen LogP contribution in [0.4, 0.5) is 0 Å². The molecule has 0 saturated carbocycles. The predicted molar refractivity (Wildman–Crippen MR) is 87.5 cm³/mol. The van der Waals surface area contributed by atoms with E-state index in [2.05, 4.69) is 10.2 Å². The number of likely N-dealkylation sites (N-methyl/N-ethyl adjacent to an activating group) is 1. The van der Waals surface area contributed by atoms with Crippen molar-refractivity contribution in [2.75, 3.05) is 32.8 Å². The molecule has 0 spiro atoms. The minimum absolute atomic E-state index is 0.110. The van der Waals surface area contributed by atoms with Gasteiger partial charge >= 0.3 is 5.97 Å². The number of unbranched alkanes of at least 4 members (excludes halogenated alkanes) is 1. The van der Waals surface area contributed by atoms with Crippen molar-refractivity contribution in [3.05, 3.63) is 0 Å². The largest absolute Gasteiger partial charge is 0.465 e. The molecule has 124 valence electrons. The van der Waals surface area contributed by atoms with Gasteiger partial charge in [-0.05, 0) is 72.1 Å². The minimum atomic E-state index is -0.524. The number of carbonyl (C=O) groups is 1. The summed E-state index contributed by atoms with van der Waals surface area (Å²) in [6.07, 6.45) is 8.55. The summed E-state index contributed by atoms with van der Waals surface area (Å²) in [5.74, 6) is -0.110. The Hall–Kier alpha value is -0.610. The lowest BCUT2D eigenvalue weighted by atomic mass is 9.94. The fourth-order valence-electron chi connectivity index (χ4n) is 3.12. The van der Waals surface area contributed by atoms with Crippen molar-refractivity contribution < 1.29 is 9.53 Å². The second-order valence-corrected chi connectivity index (χ2v) is 6.30. The molecule has 1 unspecified atom stereocenters. The van der Waals surface area contributed by atoms with Crippen molar-refractivity contribution in [2.45, 2.75) is 71.3 Å². The maximum absolute atomic E-state index is 12.1. The SMILES string of the molecule is CCNC(C)(CCCCN1CCCCCC1)C(=O)OCC. The van der Waals surface area contributed by atoms with Crippen LogP contribution < -0.4 is 5.32 Å². The fraction of sp³-hybridized carbons (Fsp3) is 0.941. The van der Waals surface area contributed by atoms with E-state index in [9.17, 15) is 4.79 Å². The Morgan fingerprint density at radius 2 is 1.81 bits per heavy atom. The zero-order valence-corrected chi connectivity index (χ0v) is 14.2. The lowest BCUT2D eigenvalue weighted by molar-refractivity contribution is -0.150. The quantitative estimate of drug-likeness (QED) is 0.525. The number of hydrogen-bond acceptors (Lipinski definition) is 4. The first kappa shape index (κ1) is 18.4. The van der Waals surface area contributed by atoms with Crippen LogP contribution in [0.1, 0.15) is 65.7 Å². The van der Waals surface area contributed by atoms with Gasteiger partial charge in [0.1, 0.15) is 5.54 Å². The molecule has 1 rings (SSSR count). The first-order chi connectivity index (χ1) is 10.1. The third-order valence-electron chi connectivity index (χ3n) is 4.39. The van der Waals surface area contributed by atoms with Crippen LogP contribution in [-0.4, -0.2) is 49.2 Å². The Labute approximate surface area is 130 Å². The van der Waals surface area contributed by atoms with E-state index >= 15 is 0 Å². The fourth-order valence-corrected chi connectivity index (χ4v) is 3.12. The third kappa shape index (κ3) is 6.79. The molecule has 4 nitrogen and oxygen atoms in total. The van der Waals surface area contributed by atoms with Crippen LogP contribution >= 0.6 is 0 Å². The number of rotatable bonds is 9. The molecule has 1 aliphatic heterocycles. The number of nitrogens with zero attached hydrogens (tertiary/aromatic N) is 1. The molecular formula is C17H34N2O2. The van der Waals surface area contributed by atoms with E-state index < -0.39 is 5.54 Å². The first-order valence-electron chi connectivity index (χ1n) is 8.77. The summed E-state index contributed by atoms with van der Waals surface area (Å²) in [4.78, 5) is 14.7. The van der Waals surface area contributed by atoms with Gasteiger partial charge < -0.3 is 15.0 Å². The molecule has 0 bridgehead atoms. The normalized spacial score (nSPS) is 19.8. The molecular weight excluding hydrogens is 264 g/mol. The predicted octanol–water partition coefficient (Wildman–Crippen LogP) is 2.96. The van der Waals surface area contributed by atoms with Crippen molar-refractivity contribution in [3.63, 3.8) is 0 Å². The summed E-state index contributed by atoms with van der Waals surface area (Å²) < 4.78 is 5.21. The molecule has 1 aliphatic rings. The Morgan fingerprint density at radius 3 is 2.38 bits per heavy atom. The minimum Gasteiger partial charge on any atom is -0.465 e. The van der Waals surface area contributed by atoms with E-state index in [4.69, 9.17) is 4.74 Å². The van der Waals surface area contributed by atoms with Crippen molar-refractivity contribution in [2.24, 2.45) is 0 Å². The zero-order chi connectivity index (χ0) is 15.6. The van der Waals surface area contributed by atoms with Gasteiger partial charge in [0.05, 0.1) is 6.61 Å². The molecule has 1 N–H and O–H groups in total. The van der Waals surface area contributed by atoms with E-state index in [0.29, 0.717) is 6.61 Å². The highest BCUT2D eigenvalue weighted by Gasteiger charge is 2.33.